The molecule has 5 nitrogen and oxygen atoms in total. The van der Waals surface area contributed by atoms with E-state index >= 15 is 0 Å². The largest absolute Gasteiger partial charge is 0.255 e. The van der Waals surface area contributed by atoms with Crippen LogP contribution >= 0.6 is 0 Å². The van der Waals surface area contributed by atoms with E-state index in [1.807, 2.05) is 103 Å². The number of fused-ring (bicyclic) bond motifs is 2. The van der Waals surface area contributed by atoms with Crippen molar-refractivity contribution in [2.75, 3.05) is 0 Å². The summed E-state index contributed by atoms with van der Waals surface area (Å²) in [5.41, 5.74) is 8.24. The maximum atomic E-state index is 4.89. The summed E-state index contributed by atoms with van der Waals surface area (Å²) in [5, 5.41) is 4.18. The summed E-state index contributed by atoms with van der Waals surface area (Å²) in [6.45, 7) is 0. The molecule has 0 unspecified atom stereocenters. The van der Waals surface area contributed by atoms with Crippen molar-refractivity contribution in [3.05, 3.63) is 174 Å². The van der Waals surface area contributed by atoms with E-state index in [9.17, 15) is 0 Å². The molecule has 5 heteroatoms. The van der Waals surface area contributed by atoms with Crippen LogP contribution in [-0.2, 0) is 0 Å². The summed E-state index contributed by atoms with van der Waals surface area (Å²) in [4.78, 5) is 23.0. The van der Waals surface area contributed by atoms with Gasteiger partial charge in [0.2, 0.25) is 0 Å². The molecule has 0 saturated carbocycles. The zero-order chi connectivity index (χ0) is 32.1. The first-order valence-corrected chi connectivity index (χ1v) is 15.5. The van der Waals surface area contributed by atoms with Gasteiger partial charge in [0.25, 0.3) is 0 Å². The zero-order valence-electron chi connectivity index (χ0n) is 25.7. The van der Waals surface area contributed by atoms with Crippen LogP contribution in [0.2, 0.25) is 0 Å². The topological polar surface area (TPSA) is 64.5 Å². The monoisotopic (exact) mass is 611 g/mol. The lowest BCUT2D eigenvalue weighted by atomic mass is 9.92. The minimum absolute atomic E-state index is 0.742. The summed E-state index contributed by atoms with van der Waals surface area (Å²) in [7, 11) is 0. The molecule has 0 aliphatic heterocycles. The quantitative estimate of drug-likeness (QED) is 0.148. The second kappa shape index (κ2) is 12.8. The molecule has 0 atom stereocenters. The molecule has 48 heavy (non-hydrogen) atoms. The van der Waals surface area contributed by atoms with E-state index in [4.69, 9.17) is 4.98 Å². The predicted molar refractivity (Wildman–Crippen MR) is 192 cm³/mol. The normalized spacial score (nSPS) is 10.6. The number of nitrogens with zero attached hydrogens (tertiary/aromatic N) is 5. The predicted octanol–water partition coefficient (Wildman–Crippen LogP) is 8.77. The Morgan fingerprint density at radius 2 is 0.750 bits per heavy atom. The Morgan fingerprint density at radius 1 is 0.333 bits per heavy atom. The smallest absolute Gasteiger partial charge is 0.0906 e. The third-order valence-corrected chi connectivity index (χ3v) is 7.97. The minimum Gasteiger partial charge on any atom is -0.255 e. The fourth-order valence-corrected chi connectivity index (χ4v) is 5.69. The molecule has 0 aliphatic carbocycles. The van der Waals surface area contributed by atoms with Crippen molar-refractivity contribution in [3.63, 3.8) is 0 Å². The van der Waals surface area contributed by atoms with Gasteiger partial charge in [-0.1, -0.05) is 90.4 Å². The summed E-state index contributed by atoms with van der Waals surface area (Å²) in [5.74, 6) is 13.9. The lowest BCUT2D eigenvalue weighted by Crippen LogP contribution is -1.94. The Kier molecular flexibility index (Phi) is 7.61. The molecule has 0 aliphatic rings. The third kappa shape index (κ3) is 5.76. The molecular weight excluding hydrogens is 587 g/mol. The van der Waals surface area contributed by atoms with E-state index in [0.717, 1.165) is 78.0 Å². The Hall–Kier alpha value is -6.95. The summed E-state index contributed by atoms with van der Waals surface area (Å²) in [6, 6.07) is 42.0. The first kappa shape index (κ1) is 28.5. The molecule has 5 heterocycles. The molecule has 0 bridgehead atoms. The molecule has 0 saturated heterocycles. The highest BCUT2D eigenvalue weighted by Gasteiger charge is 2.12. The van der Waals surface area contributed by atoms with E-state index in [2.05, 4.69) is 67.9 Å². The van der Waals surface area contributed by atoms with Gasteiger partial charge in [-0.25, -0.2) is 4.98 Å². The van der Waals surface area contributed by atoms with E-state index in [1.54, 1.807) is 24.8 Å². The van der Waals surface area contributed by atoms with Crippen LogP contribution in [0, 0.1) is 23.7 Å². The molecule has 0 fully saturated rings. The molecule has 0 radical (unpaired) electrons. The Balaban J connectivity index is 1.25. The number of rotatable bonds is 3. The van der Waals surface area contributed by atoms with Crippen molar-refractivity contribution < 1.29 is 0 Å². The van der Waals surface area contributed by atoms with Gasteiger partial charge in [-0.3, -0.25) is 19.9 Å². The van der Waals surface area contributed by atoms with Crippen LogP contribution in [0.3, 0.4) is 0 Å². The van der Waals surface area contributed by atoms with Crippen molar-refractivity contribution in [3.8, 4) is 57.8 Å². The second-order valence-corrected chi connectivity index (χ2v) is 11.0. The zero-order valence-corrected chi connectivity index (χ0v) is 25.7. The van der Waals surface area contributed by atoms with Gasteiger partial charge in [0, 0.05) is 47.0 Å². The molecule has 0 spiro atoms. The second-order valence-electron chi connectivity index (χ2n) is 11.0. The van der Waals surface area contributed by atoms with Crippen LogP contribution in [-0.4, -0.2) is 24.9 Å². The van der Waals surface area contributed by atoms with Crippen molar-refractivity contribution in [1.82, 2.24) is 24.9 Å². The third-order valence-electron chi connectivity index (χ3n) is 7.97. The Morgan fingerprint density at radius 3 is 1.17 bits per heavy atom. The SMILES string of the molecule is C(#Cc1c2ccccc2c(C#Cc2cc(-c3ccccn3)nc(-c3ccccn3)c2)c2ccccc12)c1ccc(-c2ccccn2)nc1. The van der Waals surface area contributed by atoms with E-state index in [0.29, 0.717) is 0 Å². The van der Waals surface area contributed by atoms with Crippen LogP contribution in [0.15, 0.2) is 152 Å². The number of hydrogen-bond acceptors (Lipinski definition) is 5. The summed E-state index contributed by atoms with van der Waals surface area (Å²) >= 11 is 0. The maximum Gasteiger partial charge on any atom is 0.0906 e. The van der Waals surface area contributed by atoms with Gasteiger partial charge >= 0.3 is 0 Å². The molecular formula is C43H25N5. The van der Waals surface area contributed by atoms with Gasteiger partial charge in [0.15, 0.2) is 0 Å². The molecule has 0 N–H and O–H groups in total. The van der Waals surface area contributed by atoms with Crippen molar-refractivity contribution in [2.24, 2.45) is 0 Å². The number of hydrogen-bond donors (Lipinski definition) is 0. The van der Waals surface area contributed by atoms with Gasteiger partial charge in [0.05, 0.1) is 34.2 Å². The highest BCUT2D eigenvalue weighted by molar-refractivity contribution is 6.09. The van der Waals surface area contributed by atoms with Crippen molar-refractivity contribution >= 4 is 21.5 Å². The van der Waals surface area contributed by atoms with Crippen LogP contribution < -0.4 is 0 Å². The standard InChI is InChI=1S/C43H25N5/c1-3-13-34-32(11-1)36(21-18-30-20-23-41(47-29-30)38-15-5-8-24-44-38)33-12-2-4-14-35(33)37(34)22-19-31-27-42(39-16-6-9-25-45-39)48-43(28-31)40-17-7-10-26-46-40/h1-17,20,23-29H. The van der Waals surface area contributed by atoms with Gasteiger partial charge in [0.1, 0.15) is 0 Å². The fourth-order valence-electron chi connectivity index (χ4n) is 5.69. The van der Waals surface area contributed by atoms with Gasteiger partial charge < -0.3 is 0 Å². The molecule has 3 aromatic carbocycles. The average molecular weight is 612 g/mol. The van der Waals surface area contributed by atoms with Crippen LogP contribution in [0.25, 0.3) is 55.7 Å². The van der Waals surface area contributed by atoms with Crippen molar-refractivity contribution in [2.45, 2.75) is 0 Å². The first-order chi connectivity index (χ1) is 23.8. The average Bonchev–Trinajstić information content (AvgIpc) is 3.17. The molecule has 8 rings (SSSR count). The van der Waals surface area contributed by atoms with E-state index < -0.39 is 0 Å². The highest BCUT2D eigenvalue weighted by atomic mass is 14.8. The molecule has 0 amide bonds. The van der Waals surface area contributed by atoms with Gasteiger partial charge in [-0.15, -0.1) is 0 Å². The van der Waals surface area contributed by atoms with Gasteiger partial charge in [-0.05, 0) is 82.2 Å². The fraction of sp³-hybridized carbons (Fsp3) is 0. The van der Waals surface area contributed by atoms with Crippen molar-refractivity contribution in [1.29, 1.82) is 0 Å². The Bertz CT molecular complexity index is 2430. The molecule has 8 aromatic rings. The van der Waals surface area contributed by atoms with Crippen LogP contribution in [0.4, 0.5) is 0 Å². The summed E-state index contributed by atoms with van der Waals surface area (Å²) < 4.78 is 0. The first-order valence-electron chi connectivity index (χ1n) is 15.5. The number of benzene rings is 3. The molecule has 222 valence electrons. The molecule has 5 aromatic heterocycles. The van der Waals surface area contributed by atoms with Crippen LogP contribution in [0.5, 0.6) is 0 Å². The van der Waals surface area contributed by atoms with E-state index in [-0.39, 0.29) is 0 Å². The lowest BCUT2D eigenvalue weighted by molar-refractivity contribution is 1.21. The highest BCUT2D eigenvalue weighted by Crippen LogP contribution is 2.32. The summed E-state index contributed by atoms with van der Waals surface area (Å²) in [6.07, 6.45) is 7.11. The lowest BCUT2D eigenvalue weighted by Gasteiger charge is -2.10. The minimum atomic E-state index is 0.742. The Labute approximate surface area is 278 Å². The number of aromatic nitrogens is 5. The van der Waals surface area contributed by atoms with Gasteiger partial charge in [-0.2, -0.15) is 0 Å². The van der Waals surface area contributed by atoms with Crippen LogP contribution in [0.1, 0.15) is 22.3 Å². The maximum absolute atomic E-state index is 4.89. The number of pyridine rings is 5. The van der Waals surface area contributed by atoms with E-state index in [1.165, 1.54) is 0 Å².